The van der Waals surface area contributed by atoms with Gasteiger partial charge in [-0.2, -0.15) is 13.2 Å². The molecule has 0 bridgehead atoms. The van der Waals surface area contributed by atoms with Gasteiger partial charge in [0.05, 0.1) is 5.56 Å². The highest BCUT2D eigenvalue weighted by Gasteiger charge is 2.56. The van der Waals surface area contributed by atoms with Crippen LogP contribution in [0.3, 0.4) is 0 Å². The molecule has 1 aromatic carbocycles. The summed E-state index contributed by atoms with van der Waals surface area (Å²) in [6, 6.07) is 7.44. The fourth-order valence-electron chi connectivity index (χ4n) is 2.74. The molecular weight excluding hydrogens is 305 g/mol. The van der Waals surface area contributed by atoms with Gasteiger partial charge < -0.3 is 10.6 Å². The predicted octanol–water partition coefficient (Wildman–Crippen LogP) is 3.24. The van der Waals surface area contributed by atoms with E-state index in [2.05, 4.69) is 24.1 Å². The summed E-state index contributed by atoms with van der Waals surface area (Å²) in [5.74, 6) is 1.44. The number of hydrogen-bond acceptors (Lipinski definition) is 2. The van der Waals surface area contributed by atoms with Gasteiger partial charge in [-0.05, 0) is 19.8 Å². The molecule has 23 heavy (non-hydrogen) atoms. The van der Waals surface area contributed by atoms with E-state index >= 15 is 0 Å². The first-order valence-corrected chi connectivity index (χ1v) is 7.49. The molecule has 0 spiro atoms. The number of carbonyl (C=O) groups is 1. The summed E-state index contributed by atoms with van der Waals surface area (Å²) in [6.07, 6.45) is -1.64. The van der Waals surface area contributed by atoms with E-state index in [4.69, 9.17) is 0 Å². The average molecular weight is 328 g/mol. The highest BCUT2D eigenvalue weighted by molar-refractivity contribution is 5.48. The smallest absolute Gasteiger partial charge is 0.355 e. The van der Waals surface area contributed by atoms with Gasteiger partial charge >= 0.3 is 6.18 Å². The maximum atomic E-state index is 11.8. The van der Waals surface area contributed by atoms with Crippen molar-refractivity contribution < 1.29 is 18.0 Å². The molecule has 0 radical (unpaired) electrons. The molecule has 2 N–H and O–H groups in total. The summed E-state index contributed by atoms with van der Waals surface area (Å²) in [5, 5.41) is 6.18. The van der Waals surface area contributed by atoms with E-state index in [1.165, 1.54) is 12.1 Å². The molecule has 2 fully saturated rings. The van der Waals surface area contributed by atoms with Crippen LogP contribution in [-0.4, -0.2) is 25.0 Å². The molecule has 3 rings (SSSR count). The van der Waals surface area contributed by atoms with Gasteiger partial charge in [0, 0.05) is 24.5 Å². The Labute approximate surface area is 135 Å². The number of halogens is 3. The fourth-order valence-corrected chi connectivity index (χ4v) is 2.74. The molecular formula is C17H23F3N2O. The summed E-state index contributed by atoms with van der Waals surface area (Å²) < 4.78 is 35.4. The summed E-state index contributed by atoms with van der Waals surface area (Å²) in [7, 11) is 0. The maximum Gasteiger partial charge on any atom is 0.416 e. The number of nitrogens with one attached hydrogen (secondary N) is 2. The van der Waals surface area contributed by atoms with Crippen molar-refractivity contribution in [3.05, 3.63) is 48.6 Å². The molecule has 1 heterocycles. The number of carbonyl (C=O) groups excluding carboxylic acids is 1. The average Bonchev–Trinajstić information content (AvgIpc) is 3.05. The third-order valence-corrected chi connectivity index (χ3v) is 3.84. The zero-order chi connectivity index (χ0) is 17.5. The minimum absolute atomic E-state index is 0.480. The fraction of sp³-hybridized carbons (Fsp3) is 0.471. The number of allylic oxidation sites excluding steroid dienone is 1. The number of piperidine rings is 1. The highest BCUT2D eigenvalue weighted by Crippen LogP contribution is 2.44. The first-order chi connectivity index (χ1) is 10.9. The van der Waals surface area contributed by atoms with Crippen LogP contribution >= 0.6 is 0 Å². The Balaban J connectivity index is 0.000000197. The Morgan fingerprint density at radius 2 is 1.87 bits per heavy atom. The molecule has 1 aliphatic heterocycles. The molecule has 6 heteroatoms. The topological polar surface area (TPSA) is 41.1 Å². The first-order valence-electron chi connectivity index (χ1n) is 7.49. The SMILES string of the molecule is C=CC.CC1NCC2C(NC=O)C12.FC(F)(F)c1ccccc1. The molecule has 4 unspecified atom stereocenters. The van der Waals surface area contributed by atoms with Crippen molar-refractivity contribution in [2.24, 2.45) is 11.8 Å². The third-order valence-electron chi connectivity index (χ3n) is 3.84. The van der Waals surface area contributed by atoms with Crippen LogP contribution in [-0.2, 0) is 11.0 Å². The van der Waals surface area contributed by atoms with Gasteiger partial charge in [-0.1, -0.05) is 36.4 Å². The van der Waals surface area contributed by atoms with E-state index in [1.807, 2.05) is 6.92 Å². The number of fused-ring (bicyclic) bond motifs is 1. The Kier molecular flexibility index (Phi) is 7.29. The van der Waals surface area contributed by atoms with Crippen LogP contribution in [0.15, 0.2) is 43.0 Å². The number of amides is 1. The largest absolute Gasteiger partial charge is 0.416 e. The number of alkyl halides is 3. The summed E-state index contributed by atoms with van der Waals surface area (Å²) in [4.78, 5) is 10.1. The zero-order valence-corrected chi connectivity index (χ0v) is 13.3. The van der Waals surface area contributed by atoms with Gasteiger partial charge in [-0.15, -0.1) is 6.58 Å². The van der Waals surface area contributed by atoms with Crippen LogP contribution in [0.25, 0.3) is 0 Å². The Bertz CT molecular complexity index is 490. The third kappa shape index (κ3) is 5.71. The molecule has 0 aromatic heterocycles. The molecule has 1 aliphatic carbocycles. The van der Waals surface area contributed by atoms with Crippen LogP contribution in [0.5, 0.6) is 0 Å². The van der Waals surface area contributed by atoms with Crippen LogP contribution in [0.4, 0.5) is 13.2 Å². The van der Waals surface area contributed by atoms with Gasteiger partial charge in [0.15, 0.2) is 0 Å². The molecule has 3 nitrogen and oxygen atoms in total. The van der Waals surface area contributed by atoms with Gasteiger partial charge in [0.1, 0.15) is 0 Å². The van der Waals surface area contributed by atoms with E-state index in [9.17, 15) is 18.0 Å². The minimum Gasteiger partial charge on any atom is -0.355 e. The van der Waals surface area contributed by atoms with Gasteiger partial charge in [0.25, 0.3) is 0 Å². The Morgan fingerprint density at radius 3 is 2.22 bits per heavy atom. The van der Waals surface area contributed by atoms with Crippen molar-refractivity contribution in [2.75, 3.05) is 6.54 Å². The molecule has 1 saturated carbocycles. The molecule has 1 amide bonds. The van der Waals surface area contributed by atoms with Crippen LogP contribution < -0.4 is 10.6 Å². The lowest BCUT2D eigenvalue weighted by Gasteiger charge is -2.08. The van der Waals surface area contributed by atoms with Crippen molar-refractivity contribution in [2.45, 2.75) is 32.1 Å². The Morgan fingerprint density at radius 1 is 1.30 bits per heavy atom. The maximum absolute atomic E-state index is 11.8. The van der Waals surface area contributed by atoms with Crippen LogP contribution in [0.1, 0.15) is 19.4 Å². The zero-order valence-electron chi connectivity index (χ0n) is 13.3. The van der Waals surface area contributed by atoms with Crippen molar-refractivity contribution >= 4 is 6.41 Å². The second-order valence-corrected chi connectivity index (χ2v) is 5.52. The molecule has 2 aliphatic rings. The van der Waals surface area contributed by atoms with Crippen molar-refractivity contribution in [3.8, 4) is 0 Å². The second kappa shape index (κ2) is 8.72. The lowest BCUT2D eigenvalue weighted by atomic mass is 10.2. The van der Waals surface area contributed by atoms with Gasteiger partial charge in [-0.3, -0.25) is 4.79 Å². The van der Waals surface area contributed by atoms with E-state index in [-0.39, 0.29) is 0 Å². The van der Waals surface area contributed by atoms with Crippen LogP contribution in [0.2, 0.25) is 0 Å². The lowest BCUT2D eigenvalue weighted by Crippen LogP contribution is -2.32. The quantitative estimate of drug-likeness (QED) is 0.646. The second-order valence-electron chi connectivity index (χ2n) is 5.52. The van der Waals surface area contributed by atoms with E-state index in [0.717, 1.165) is 31.0 Å². The highest BCUT2D eigenvalue weighted by atomic mass is 19.4. The molecule has 4 atom stereocenters. The van der Waals surface area contributed by atoms with Crippen molar-refractivity contribution in [1.82, 2.24) is 10.6 Å². The van der Waals surface area contributed by atoms with E-state index in [0.29, 0.717) is 18.0 Å². The molecule has 1 aromatic rings. The summed E-state index contributed by atoms with van der Waals surface area (Å²) >= 11 is 0. The van der Waals surface area contributed by atoms with E-state index in [1.54, 1.807) is 12.1 Å². The van der Waals surface area contributed by atoms with Gasteiger partial charge in [0.2, 0.25) is 6.41 Å². The van der Waals surface area contributed by atoms with Gasteiger partial charge in [-0.25, -0.2) is 0 Å². The predicted molar refractivity (Wildman–Crippen MR) is 84.7 cm³/mol. The summed E-state index contributed by atoms with van der Waals surface area (Å²) in [6.45, 7) is 8.51. The number of hydrogen-bond donors (Lipinski definition) is 2. The molecule has 128 valence electrons. The molecule has 1 saturated heterocycles. The summed E-state index contributed by atoms with van der Waals surface area (Å²) in [5.41, 5.74) is -0.602. The van der Waals surface area contributed by atoms with E-state index < -0.39 is 11.7 Å². The minimum atomic E-state index is -4.21. The number of benzene rings is 1. The van der Waals surface area contributed by atoms with Crippen molar-refractivity contribution in [1.29, 1.82) is 0 Å². The Hall–Kier alpha value is -1.82. The first kappa shape index (κ1) is 19.2. The monoisotopic (exact) mass is 328 g/mol. The van der Waals surface area contributed by atoms with Crippen molar-refractivity contribution in [3.63, 3.8) is 0 Å². The standard InChI is InChI=1S/C7H5F3.C7H12N2O.C3H6/c8-7(9,10)6-4-2-1-3-5-6;1-4-6-5(2-8-4)7(6)9-3-10;1-3-2/h1-5H;3-8H,2H2,1H3,(H,9,10);3H,1H2,2H3. The van der Waals surface area contributed by atoms with Crippen LogP contribution in [0, 0.1) is 11.8 Å². The lowest BCUT2D eigenvalue weighted by molar-refractivity contribution is -0.137. The normalized spacial score (nSPS) is 27.3. The number of rotatable bonds is 2.